The summed E-state index contributed by atoms with van der Waals surface area (Å²) in [6, 6.07) is 0. The molecule has 2 unspecified atom stereocenters. The van der Waals surface area contributed by atoms with Gasteiger partial charge in [0.1, 0.15) is 0 Å². The monoisotopic (exact) mass is 330 g/mol. The normalized spacial score (nSPS) is 35.3. The van der Waals surface area contributed by atoms with Crippen molar-refractivity contribution >= 4 is 74.8 Å². The molecule has 1 heterocycles. The van der Waals surface area contributed by atoms with Crippen LogP contribution in [0.5, 0.6) is 0 Å². The van der Waals surface area contributed by atoms with Crippen LogP contribution in [0.1, 0.15) is 0 Å². The number of hydrogen-bond donors (Lipinski definition) is 2. The first-order chi connectivity index (χ1) is 4.38. The standard InChI is InChI=1S/C3H6S4Se2/c4-6-2-3(7-5)9-1-8-2/h2-5H,1H2. The Hall–Kier alpha value is 2.44. The summed E-state index contributed by atoms with van der Waals surface area (Å²) in [5.41, 5.74) is 0. The molecule has 0 N–H and O–H groups in total. The van der Waals surface area contributed by atoms with Crippen molar-refractivity contribution in [3.63, 3.8) is 0 Å². The predicted octanol–water partition coefficient (Wildman–Crippen LogP) is 1.59. The van der Waals surface area contributed by atoms with Crippen LogP contribution in [0.15, 0.2) is 0 Å². The van der Waals surface area contributed by atoms with E-state index in [1.165, 1.54) is 4.22 Å². The summed E-state index contributed by atoms with van der Waals surface area (Å²) in [6.45, 7) is 0. The fraction of sp³-hybridized carbons (Fsp3) is 1.00. The molecular weight excluding hydrogens is 322 g/mol. The average Bonchev–Trinajstić information content (AvgIpc) is 2.33. The first-order valence-electron chi connectivity index (χ1n) is 2.22. The molecule has 0 bridgehead atoms. The zero-order valence-electron chi connectivity index (χ0n) is 4.39. The number of rotatable bonds is 2. The third-order valence-electron chi connectivity index (χ3n) is 0.895. The van der Waals surface area contributed by atoms with Gasteiger partial charge in [0, 0.05) is 0 Å². The first kappa shape index (κ1) is 9.53. The van der Waals surface area contributed by atoms with E-state index in [-0.39, 0.29) is 0 Å². The second kappa shape index (κ2) is 5.15. The molecule has 0 spiro atoms. The Kier molecular flexibility index (Phi) is 5.45. The van der Waals surface area contributed by atoms with Gasteiger partial charge in [-0.05, 0) is 0 Å². The van der Waals surface area contributed by atoms with Crippen molar-refractivity contribution in [1.82, 2.24) is 0 Å². The van der Waals surface area contributed by atoms with Crippen molar-refractivity contribution in [3.05, 3.63) is 0 Å². The van der Waals surface area contributed by atoms with Gasteiger partial charge in [0.25, 0.3) is 0 Å². The SMILES string of the molecule is SSC1[Se]C[Se]C1SS. The van der Waals surface area contributed by atoms with Crippen LogP contribution in [0.25, 0.3) is 0 Å². The maximum atomic E-state index is 4.22. The topological polar surface area (TPSA) is 0 Å². The third-order valence-corrected chi connectivity index (χ3v) is 15.6. The quantitative estimate of drug-likeness (QED) is 0.449. The second-order valence-corrected chi connectivity index (χ2v) is 12.0. The summed E-state index contributed by atoms with van der Waals surface area (Å²) in [5, 5.41) is 0. The Morgan fingerprint density at radius 3 is 1.89 bits per heavy atom. The predicted molar refractivity (Wildman–Crippen MR) is 57.0 cm³/mol. The van der Waals surface area contributed by atoms with E-state index in [1.807, 2.05) is 0 Å². The van der Waals surface area contributed by atoms with Gasteiger partial charge in [-0.2, -0.15) is 0 Å². The van der Waals surface area contributed by atoms with Crippen LogP contribution in [0.2, 0.25) is 4.22 Å². The van der Waals surface area contributed by atoms with Gasteiger partial charge in [-0.1, -0.05) is 0 Å². The van der Waals surface area contributed by atoms with Gasteiger partial charge in [-0.25, -0.2) is 0 Å². The Balaban J connectivity index is 2.32. The Morgan fingerprint density at radius 1 is 1.11 bits per heavy atom. The maximum absolute atomic E-state index is 4.22. The van der Waals surface area contributed by atoms with Crippen LogP contribution in [0.4, 0.5) is 0 Å². The molecule has 54 valence electrons. The van der Waals surface area contributed by atoms with Crippen LogP contribution in [0, 0.1) is 0 Å². The molecular formula is C3H6S4Se2. The third kappa shape index (κ3) is 2.75. The minimum absolute atomic E-state index is 0.836. The average molecular weight is 328 g/mol. The molecule has 1 fully saturated rings. The molecule has 0 saturated carbocycles. The molecule has 1 rings (SSSR count). The van der Waals surface area contributed by atoms with Crippen LogP contribution >= 0.6 is 44.9 Å². The molecule has 1 aliphatic heterocycles. The van der Waals surface area contributed by atoms with Gasteiger partial charge in [-0.15, -0.1) is 0 Å². The zero-order valence-corrected chi connectivity index (χ0v) is 11.2. The molecule has 0 radical (unpaired) electrons. The van der Waals surface area contributed by atoms with Crippen molar-refractivity contribution in [3.8, 4) is 0 Å². The van der Waals surface area contributed by atoms with Crippen LogP contribution < -0.4 is 0 Å². The summed E-state index contributed by atoms with van der Waals surface area (Å²) in [4.78, 5) is 0. The molecule has 0 aromatic heterocycles. The Morgan fingerprint density at radius 2 is 1.56 bits per heavy atom. The molecule has 0 aromatic rings. The van der Waals surface area contributed by atoms with E-state index in [0.717, 1.165) is 38.2 Å². The molecule has 6 heteroatoms. The second-order valence-electron chi connectivity index (χ2n) is 1.40. The van der Waals surface area contributed by atoms with Gasteiger partial charge in [0.05, 0.1) is 0 Å². The van der Waals surface area contributed by atoms with E-state index < -0.39 is 0 Å². The van der Waals surface area contributed by atoms with Crippen LogP contribution in [0.3, 0.4) is 0 Å². The van der Waals surface area contributed by atoms with E-state index in [0.29, 0.717) is 0 Å². The molecule has 9 heavy (non-hydrogen) atoms. The summed E-state index contributed by atoms with van der Waals surface area (Å²) in [5.74, 6) is 0. The minimum atomic E-state index is 0.836. The van der Waals surface area contributed by atoms with Crippen molar-refractivity contribution in [2.75, 3.05) is 0 Å². The molecule has 2 atom stereocenters. The molecule has 0 nitrogen and oxygen atoms in total. The van der Waals surface area contributed by atoms with Gasteiger partial charge in [0.15, 0.2) is 0 Å². The van der Waals surface area contributed by atoms with E-state index in [2.05, 4.69) is 23.3 Å². The fourth-order valence-corrected chi connectivity index (χ4v) is 17.5. The van der Waals surface area contributed by atoms with E-state index >= 15 is 0 Å². The van der Waals surface area contributed by atoms with E-state index in [1.54, 1.807) is 21.6 Å². The summed E-state index contributed by atoms with van der Waals surface area (Å²) in [7, 11) is 3.47. The van der Waals surface area contributed by atoms with Crippen LogP contribution in [-0.4, -0.2) is 38.2 Å². The van der Waals surface area contributed by atoms with Crippen LogP contribution in [-0.2, 0) is 0 Å². The number of thiol groups is 2. The van der Waals surface area contributed by atoms with E-state index in [4.69, 9.17) is 0 Å². The molecule has 0 amide bonds. The van der Waals surface area contributed by atoms with Crippen molar-refractivity contribution in [2.24, 2.45) is 0 Å². The molecule has 1 saturated heterocycles. The zero-order chi connectivity index (χ0) is 6.69. The van der Waals surface area contributed by atoms with Crippen molar-refractivity contribution < 1.29 is 0 Å². The summed E-state index contributed by atoms with van der Waals surface area (Å²) < 4.78 is 3.16. The summed E-state index contributed by atoms with van der Waals surface area (Å²) in [6.07, 6.45) is 0. The van der Waals surface area contributed by atoms with E-state index in [9.17, 15) is 0 Å². The fourth-order valence-electron chi connectivity index (χ4n) is 0.491. The van der Waals surface area contributed by atoms with Crippen molar-refractivity contribution in [1.29, 1.82) is 0 Å². The summed E-state index contributed by atoms with van der Waals surface area (Å²) >= 11 is 10.2. The van der Waals surface area contributed by atoms with Gasteiger partial charge in [0.2, 0.25) is 0 Å². The molecule has 0 aromatic carbocycles. The van der Waals surface area contributed by atoms with Gasteiger partial charge < -0.3 is 0 Å². The van der Waals surface area contributed by atoms with Gasteiger partial charge >= 0.3 is 87.3 Å². The first-order valence-corrected chi connectivity index (χ1v) is 10.5. The van der Waals surface area contributed by atoms with Gasteiger partial charge in [-0.3, -0.25) is 0 Å². The van der Waals surface area contributed by atoms with Crippen molar-refractivity contribution in [2.45, 2.75) is 12.5 Å². The number of hydrogen-bond acceptors (Lipinski definition) is 4. The Bertz CT molecular complexity index is 79.9. The molecule has 1 aliphatic rings. The molecule has 0 aliphatic carbocycles. The Labute approximate surface area is 86.4 Å².